The molecule has 0 spiro atoms. The summed E-state index contributed by atoms with van der Waals surface area (Å²) in [5.41, 5.74) is 3.25. The first-order chi connectivity index (χ1) is 17.0. The van der Waals surface area contributed by atoms with E-state index in [1.807, 2.05) is 20.8 Å². The topological polar surface area (TPSA) is 144 Å². The number of nitrogens with zero attached hydrogens (tertiary/aromatic N) is 2. The summed E-state index contributed by atoms with van der Waals surface area (Å²) in [6.45, 7) is 5.57. The van der Waals surface area contributed by atoms with E-state index in [-0.39, 0.29) is 45.0 Å². The molecule has 10 nitrogen and oxygen atoms in total. The molecule has 2 aromatic carbocycles. The summed E-state index contributed by atoms with van der Waals surface area (Å²) >= 11 is 5.85. The number of aryl methyl sites for hydroxylation is 1. The lowest BCUT2D eigenvalue weighted by Gasteiger charge is -2.19. The molecule has 0 aliphatic carbocycles. The third-order valence-corrected chi connectivity index (χ3v) is 6.79. The van der Waals surface area contributed by atoms with Crippen molar-refractivity contribution in [3.05, 3.63) is 81.1 Å². The first-order valence-electron chi connectivity index (χ1n) is 10.9. The lowest BCUT2D eigenvalue weighted by molar-refractivity contribution is -0.384. The Morgan fingerprint density at radius 1 is 1.17 bits per heavy atom. The van der Waals surface area contributed by atoms with Crippen LogP contribution in [-0.2, 0) is 14.8 Å². The number of sulfonamides is 1. The Bertz CT molecular complexity index is 1380. The highest BCUT2D eigenvalue weighted by molar-refractivity contribution is 7.89. The minimum absolute atomic E-state index is 0.0215. The van der Waals surface area contributed by atoms with Crippen LogP contribution in [0.3, 0.4) is 0 Å². The quantitative estimate of drug-likeness (QED) is 0.221. The van der Waals surface area contributed by atoms with Crippen LogP contribution < -0.4 is 10.1 Å². The molecule has 3 aromatic rings. The van der Waals surface area contributed by atoms with Crippen molar-refractivity contribution in [1.82, 2.24) is 10.1 Å². The highest BCUT2D eigenvalue weighted by Crippen LogP contribution is 2.33. The monoisotopic (exact) mass is 532 g/mol. The van der Waals surface area contributed by atoms with Crippen molar-refractivity contribution < 1.29 is 22.6 Å². The van der Waals surface area contributed by atoms with Crippen LogP contribution in [-0.4, -0.2) is 31.5 Å². The van der Waals surface area contributed by atoms with Crippen LogP contribution in [0.5, 0.6) is 0 Å². The summed E-state index contributed by atoms with van der Waals surface area (Å²) < 4.78 is 33.6. The molecule has 0 fully saturated rings. The maximum atomic E-state index is 12.8. The van der Waals surface area contributed by atoms with Gasteiger partial charge in [0.15, 0.2) is 0 Å². The molecule has 0 unspecified atom stereocenters. The lowest BCUT2D eigenvalue weighted by Crippen LogP contribution is -2.46. The van der Waals surface area contributed by atoms with Crippen LogP contribution in [0.15, 0.2) is 69.0 Å². The predicted molar refractivity (Wildman–Crippen MR) is 136 cm³/mol. The number of carbonyl (C=O) groups is 1. The van der Waals surface area contributed by atoms with Crippen molar-refractivity contribution >= 4 is 39.4 Å². The van der Waals surface area contributed by atoms with Gasteiger partial charge in [-0.2, -0.15) is 9.82 Å². The van der Waals surface area contributed by atoms with Crippen molar-refractivity contribution in [3.63, 3.8) is 0 Å². The Hall–Kier alpha value is -3.54. The second-order valence-corrected chi connectivity index (χ2v) is 10.6. The standard InChI is InChI=1S/C24H25ClN4O6S/c1-15(2)12-21(28-36(33,34)19-8-4-16(3)5-9-19)24(30)27-26-14-18-7-11-23(35-18)20-10-6-17(25)13-22(20)29(31)32/h4-11,13-15,21,28H,12H2,1-3H3,(H,27,30)/b26-14-/t21-/m1/s1. The fraction of sp³-hybridized carbons (Fsp3) is 0.250. The zero-order valence-corrected chi connectivity index (χ0v) is 21.3. The van der Waals surface area contributed by atoms with E-state index in [0.717, 1.165) is 5.56 Å². The second kappa shape index (κ2) is 11.5. The molecular weight excluding hydrogens is 508 g/mol. The third-order valence-electron chi connectivity index (χ3n) is 5.07. The van der Waals surface area contributed by atoms with Gasteiger partial charge in [0.25, 0.3) is 11.6 Å². The summed E-state index contributed by atoms with van der Waals surface area (Å²) in [5, 5.41) is 15.4. The number of benzene rings is 2. The third kappa shape index (κ3) is 7.00. The van der Waals surface area contributed by atoms with Crippen LogP contribution in [0, 0.1) is 23.0 Å². The van der Waals surface area contributed by atoms with E-state index < -0.39 is 26.9 Å². The number of nitro groups is 1. The van der Waals surface area contributed by atoms with Crippen LogP contribution in [0.2, 0.25) is 5.02 Å². The number of halogens is 1. The Labute approximate surface area is 213 Å². The van der Waals surface area contributed by atoms with E-state index in [2.05, 4.69) is 15.2 Å². The molecular formula is C24H25ClN4O6S. The molecule has 1 heterocycles. The molecule has 12 heteroatoms. The number of amides is 1. The van der Waals surface area contributed by atoms with Gasteiger partial charge in [0.2, 0.25) is 10.0 Å². The number of nitrogens with one attached hydrogen (secondary N) is 2. The van der Waals surface area contributed by atoms with E-state index in [0.29, 0.717) is 0 Å². The predicted octanol–water partition coefficient (Wildman–Crippen LogP) is 4.66. The van der Waals surface area contributed by atoms with Crippen LogP contribution in [0.25, 0.3) is 11.3 Å². The Morgan fingerprint density at radius 2 is 1.86 bits per heavy atom. The average Bonchev–Trinajstić information content (AvgIpc) is 3.27. The summed E-state index contributed by atoms with van der Waals surface area (Å²) in [5.74, 6) is -0.186. The maximum absolute atomic E-state index is 12.8. The number of nitro benzene ring substituents is 1. The van der Waals surface area contributed by atoms with Crippen molar-refractivity contribution in [2.75, 3.05) is 0 Å². The Morgan fingerprint density at radius 3 is 2.50 bits per heavy atom. The zero-order chi connectivity index (χ0) is 26.5. The normalized spacial score (nSPS) is 12.7. The van der Waals surface area contributed by atoms with Crippen LogP contribution in [0.4, 0.5) is 5.69 Å². The van der Waals surface area contributed by atoms with Crippen molar-refractivity contribution in [1.29, 1.82) is 0 Å². The summed E-state index contributed by atoms with van der Waals surface area (Å²) in [4.78, 5) is 23.6. The van der Waals surface area contributed by atoms with Crippen molar-refractivity contribution in [3.8, 4) is 11.3 Å². The van der Waals surface area contributed by atoms with Crippen LogP contribution >= 0.6 is 11.6 Å². The number of carbonyl (C=O) groups excluding carboxylic acids is 1. The molecule has 1 aromatic heterocycles. The van der Waals surface area contributed by atoms with Gasteiger partial charge in [0.05, 0.1) is 21.6 Å². The van der Waals surface area contributed by atoms with Gasteiger partial charge >= 0.3 is 0 Å². The van der Waals surface area contributed by atoms with Gasteiger partial charge in [-0.15, -0.1) is 0 Å². The minimum atomic E-state index is -3.93. The van der Waals surface area contributed by atoms with E-state index in [9.17, 15) is 23.3 Å². The van der Waals surface area contributed by atoms with Gasteiger partial charge in [-0.05, 0) is 55.7 Å². The summed E-state index contributed by atoms with van der Waals surface area (Å²) in [6, 6.07) is 12.5. The molecule has 190 valence electrons. The number of furan rings is 1. The highest BCUT2D eigenvalue weighted by Gasteiger charge is 2.26. The summed E-state index contributed by atoms with van der Waals surface area (Å²) in [6.07, 6.45) is 1.46. The van der Waals surface area contributed by atoms with E-state index in [1.54, 1.807) is 12.1 Å². The van der Waals surface area contributed by atoms with E-state index in [1.165, 1.54) is 48.7 Å². The van der Waals surface area contributed by atoms with E-state index in [4.69, 9.17) is 16.0 Å². The van der Waals surface area contributed by atoms with Crippen LogP contribution in [0.1, 0.15) is 31.6 Å². The fourth-order valence-electron chi connectivity index (χ4n) is 3.32. The molecule has 3 rings (SSSR count). The molecule has 0 saturated heterocycles. The molecule has 0 saturated carbocycles. The molecule has 0 radical (unpaired) electrons. The SMILES string of the molecule is Cc1ccc(S(=O)(=O)N[C@H](CC(C)C)C(=O)N/N=C\c2ccc(-c3ccc(Cl)cc3[N+](=O)[O-])o2)cc1. The Balaban J connectivity index is 1.72. The first kappa shape index (κ1) is 27.1. The second-order valence-electron chi connectivity index (χ2n) is 8.47. The molecule has 36 heavy (non-hydrogen) atoms. The summed E-state index contributed by atoms with van der Waals surface area (Å²) in [7, 11) is -3.93. The largest absolute Gasteiger partial charge is 0.455 e. The first-order valence-corrected chi connectivity index (χ1v) is 12.8. The number of hydrazone groups is 1. The molecule has 0 aliphatic heterocycles. The van der Waals surface area contributed by atoms with Gasteiger partial charge in [-0.3, -0.25) is 14.9 Å². The van der Waals surface area contributed by atoms with Crippen molar-refractivity contribution in [2.24, 2.45) is 11.0 Å². The smallest absolute Gasteiger partial charge is 0.281 e. The zero-order valence-electron chi connectivity index (χ0n) is 19.8. The molecule has 1 atom stereocenters. The highest BCUT2D eigenvalue weighted by atomic mass is 35.5. The molecule has 1 amide bonds. The van der Waals surface area contributed by atoms with Crippen molar-refractivity contribution in [2.45, 2.75) is 38.1 Å². The number of hydrogen-bond donors (Lipinski definition) is 2. The molecule has 2 N–H and O–H groups in total. The lowest BCUT2D eigenvalue weighted by atomic mass is 10.0. The van der Waals surface area contributed by atoms with Gasteiger partial charge < -0.3 is 4.42 Å². The van der Waals surface area contributed by atoms with Gasteiger partial charge in [0.1, 0.15) is 17.6 Å². The fourth-order valence-corrected chi connectivity index (χ4v) is 4.70. The van der Waals surface area contributed by atoms with Gasteiger partial charge in [0, 0.05) is 11.1 Å². The van der Waals surface area contributed by atoms with Gasteiger partial charge in [-0.1, -0.05) is 43.1 Å². The number of rotatable bonds is 10. The minimum Gasteiger partial charge on any atom is -0.455 e. The average molecular weight is 533 g/mol. The van der Waals surface area contributed by atoms with Gasteiger partial charge in [-0.25, -0.2) is 13.8 Å². The van der Waals surface area contributed by atoms with E-state index >= 15 is 0 Å². The maximum Gasteiger partial charge on any atom is 0.281 e. The molecule has 0 aliphatic rings. The number of hydrogen-bond acceptors (Lipinski definition) is 7. The molecule has 0 bridgehead atoms. The Kier molecular flexibility index (Phi) is 8.62.